The van der Waals surface area contributed by atoms with Crippen molar-refractivity contribution in [1.29, 1.82) is 0 Å². The monoisotopic (exact) mass is 260 g/mol. The van der Waals surface area contributed by atoms with Gasteiger partial charge in [0.05, 0.1) is 5.75 Å². The second-order valence-corrected chi connectivity index (χ2v) is 7.83. The van der Waals surface area contributed by atoms with Gasteiger partial charge in [-0.25, -0.2) is 12.7 Å². The van der Waals surface area contributed by atoms with Crippen LogP contribution in [0.1, 0.15) is 25.7 Å². The van der Waals surface area contributed by atoms with E-state index in [1.165, 1.54) is 25.7 Å². The summed E-state index contributed by atoms with van der Waals surface area (Å²) in [6.07, 6.45) is 5.28. The van der Waals surface area contributed by atoms with Crippen molar-refractivity contribution in [2.45, 2.75) is 25.7 Å². The lowest BCUT2D eigenvalue weighted by atomic mass is 9.89. The maximum atomic E-state index is 12.0. The number of fused-ring (bicyclic) bond motifs is 2. The zero-order chi connectivity index (χ0) is 12.5. The number of sulfonamides is 1. The Bertz CT molecular complexity index is 356. The summed E-state index contributed by atoms with van der Waals surface area (Å²) in [6.45, 7) is 1.26. The van der Waals surface area contributed by atoms with Crippen molar-refractivity contribution in [2.24, 2.45) is 17.8 Å². The van der Waals surface area contributed by atoms with Crippen LogP contribution in [0.15, 0.2) is 0 Å². The molecule has 17 heavy (non-hydrogen) atoms. The molecule has 3 unspecified atom stereocenters. The molecule has 0 spiro atoms. The van der Waals surface area contributed by atoms with Gasteiger partial charge >= 0.3 is 0 Å². The molecule has 2 aliphatic rings. The third-order valence-corrected chi connectivity index (χ3v) is 6.28. The van der Waals surface area contributed by atoms with Crippen LogP contribution in [0.5, 0.6) is 0 Å². The maximum Gasteiger partial charge on any atom is 0.215 e. The second-order valence-electron chi connectivity index (χ2n) is 5.64. The molecular formula is C12H24N2O2S. The summed E-state index contributed by atoms with van der Waals surface area (Å²) >= 11 is 0. The average molecular weight is 260 g/mol. The van der Waals surface area contributed by atoms with E-state index in [0.29, 0.717) is 12.5 Å². The summed E-state index contributed by atoms with van der Waals surface area (Å²) in [5.41, 5.74) is 0. The zero-order valence-electron chi connectivity index (χ0n) is 10.9. The number of hydrogen-bond acceptors (Lipinski definition) is 3. The predicted molar refractivity (Wildman–Crippen MR) is 69.3 cm³/mol. The molecule has 5 heteroatoms. The molecule has 4 nitrogen and oxygen atoms in total. The molecule has 0 aromatic carbocycles. The van der Waals surface area contributed by atoms with Crippen molar-refractivity contribution in [3.8, 4) is 0 Å². The molecule has 0 heterocycles. The molecule has 100 valence electrons. The molecule has 0 aromatic rings. The third-order valence-electron chi connectivity index (χ3n) is 4.46. The van der Waals surface area contributed by atoms with Crippen LogP contribution >= 0.6 is 0 Å². The highest BCUT2D eigenvalue weighted by molar-refractivity contribution is 7.89. The molecular weight excluding hydrogens is 236 g/mol. The van der Waals surface area contributed by atoms with Crippen LogP contribution in [0.2, 0.25) is 0 Å². The van der Waals surface area contributed by atoms with Gasteiger partial charge in [-0.2, -0.15) is 0 Å². The zero-order valence-corrected chi connectivity index (χ0v) is 11.7. The summed E-state index contributed by atoms with van der Waals surface area (Å²) in [4.78, 5) is 0. The van der Waals surface area contributed by atoms with E-state index >= 15 is 0 Å². The van der Waals surface area contributed by atoms with Gasteiger partial charge in [0.15, 0.2) is 0 Å². The lowest BCUT2D eigenvalue weighted by Gasteiger charge is -2.26. The van der Waals surface area contributed by atoms with Crippen LogP contribution in [-0.4, -0.2) is 45.7 Å². The molecule has 0 aliphatic heterocycles. The van der Waals surface area contributed by atoms with E-state index < -0.39 is 10.0 Å². The molecule has 0 aromatic heterocycles. The highest BCUT2D eigenvalue weighted by atomic mass is 32.2. The first-order valence-electron chi connectivity index (χ1n) is 6.61. The molecule has 2 fully saturated rings. The van der Waals surface area contributed by atoms with Gasteiger partial charge in [0.1, 0.15) is 0 Å². The molecule has 3 atom stereocenters. The third kappa shape index (κ3) is 3.01. The van der Waals surface area contributed by atoms with E-state index in [0.717, 1.165) is 18.4 Å². The van der Waals surface area contributed by atoms with Crippen LogP contribution < -0.4 is 5.32 Å². The number of rotatable bonds is 6. The Morgan fingerprint density at radius 1 is 1.29 bits per heavy atom. The largest absolute Gasteiger partial charge is 0.319 e. The lowest BCUT2D eigenvalue weighted by molar-refractivity contribution is 0.280. The number of hydrogen-bond donors (Lipinski definition) is 1. The Labute approximate surface area is 105 Å². The molecule has 2 bridgehead atoms. The van der Waals surface area contributed by atoms with E-state index in [-0.39, 0.29) is 5.75 Å². The minimum Gasteiger partial charge on any atom is -0.319 e. The summed E-state index contributed by atoms with van der Waals surface area (Å²) in [5.74, 6) is 2.50. The Kier molecular flexibility index (Phi) is 4.10. The van der Waals surface area contributed by atoms with Crippen molar-refractivity contribution in [3.63, 3.8) is 0 Å². The molecule has 0 radical (unpaired) electrons. The Morgan fingerprint density at radius 2 is 2.06 bits per heavy atom. The van der Waals surface area contributed by atoms with Gasteiger partial charge < -0.3 is 5.32 Å². The fourth-order valence-electron chi connectivity index (χ4n) is 3.43. The van der Waals surface area contributed by atoms with Gasteiger partial charge in [-0.3, -0.25) is 0 Å². The van der Waals surface area contributed by atoms with Crippen LogP contribution in [-0.2, 0) is 10.0 Å². The smallest absolute Gasteiger partial charge is 0.215 e. The fourth-order valence-corrected chi connectivity index (χ4v) is 4.62. The normalized spacial score (nSPS) is 32.5. The van der Waals surface area contributed by atoms with Crippen molar-refractivity contribution in [1.82, 2.24) is 9.62 Å². The number of nitrogens with zero attached hydrogens (tertiary/aromatic N) is 1. The molecule has 2 saturated carbocycles. The quantitative estimate of drug-likeness (QED) is 0.772. The van der Waals surface area contributed by atoms with E-state index in [2.05, 4.69) is 5.32 Å². The van der Waals surface area contributed by atoms with Crippen molar-refractivity contribution >= 4 is 10.0 Å². The van der Waals surface area contributed by atoms with E-state index in [1.54, 1.807) is 18.4 Å². The highest BCUT2D eigenvalue weighted by Gasteiger charge is 2.40. The Balaban J connectivity index is 1.86. The van der Waals surface area contributed by atoms with Gasteiger partial charge in [0.2, 0.25) is 10.0 Å². The Hall–Kier alpha value is -0.130. The molecule has 2 aliphatic carbocycles. The van der Waals surface area contributed by atoms with Crippen LogP contribution in [0, 0.1) is 17.8 Å². The predicted octanol–water partition coefficient (Wildman–Crippen LogP) is 0.904. The topological polar surface area (TPSA) is 49.4 Å². The minimum atomic E-state index is -3.06. The van der Waals surface area contributed by atoms with E-state index in [9.17, 15) is 8.42 Å². The standard InChI is InChI=1S/C12H24N2O2S/c1-13-5-6-17(15,16)14(2)9-12-8-10-3-4-11(12)7-10/h10-13H,3-9H2,1-2H3. The van der Waals surface area contributed by atoms with Crippen LogP contribution in [0.25, 0.3) is 0 Å². The molecule has 0 amide bonds. The molecule has 2 rings (SSSR count). The fraction of sp³-hybridized carbons (Fsp3) is 1.00. The maximum absolute atomic E-state index is 12.0. The van der Waals surface area contributed by atoms with Gasteiger partial charge in [-0.05, 0) is 44.1 Å². The first-order valence-corrected chi connectivity index (χ1v) is 8.22. The first kappa shape index (κ1) is 13.3. The summed E-state index contributed by atoms with van der Waals surface area (Å²) in [7, 11) is 0.460. The summed E-state index contributed by atoms with van der Waals surface area (Å²) < 4.78 is 25.5. The summed E-state index contributed by atoms with van der Waals surface area (Å²) in [5, 5.41) is 2.89. The summed E-state index contributed by atoms with van der Waals surface area (Å²) in [6, 6.07) is 0. The van der Waals surface area contributed by atoms with Crippen LogP contribution in [0.4, 0.5) is 0 Å². The van der Waals surface area contributed by atoms with Gasteiger partial charge in [-0.15, -0.1) is 0 Å². The molecule has 1 N–H and O–H groups in total. The van der Waals surface area contributed by atoms with Gasteiger partial charge in [0, 0.05) is 20.1 Å². The Morgan fingerprint density at radius 3 is 2.59 bits per heavy atom. The van der Waals surface area contributed by atoms with E-state index in [1.807, 2.05) is 0 Å². The van der Waals surface area contributed by atoms with Gasteiger partial charge in [0.25, 0.3) is 0 Å². The van der Waals surface area contributed by atoms with Crippen LogP contribution in [0.3, 0.4) is 0 Å². The number of nitrogens with one attached hydrogen (secondary N) is 1. The first-order chi connectivity index (χ1) is 8.03. The van der Waals surface area contributed by atoms with Crippen molar-refractivity contribution in [2.75, 3.05) is 32.9 Å². The lowest BCUT2D eigenvalue weighted by Crippen LogP contribution is -2.37. The SMILES string of the molecule is CNCCS(=O)(=O)N(C)CC1CC2CCC1C2. The van der Waals surface area contributed by atoms with Crippen molar-refractivity contribution < 1.29 is 8.42 Å². The van der Waals surface area contributed by atoms with Gasteiger partial charge in [-0.1, -0.05) is 6.42 Å². The second kappa shape index (κ2) is 5.24. The van der Waals surface area contributed by atoms with Crippen molar-refractivity contribution in [3.05, 3.63) is 0 Å². The molecule has 0 saturated heterocycles. The van der Waals surface area contributed by atoms with E-state index in [4.69, 9.17) is 0 Å². The highest BCUT2D eigenvalue weighted by Crippen LogP contribution is 2.48. The average Bonchev–Trinajstić information content (AvgIpc) is 2.88. The minimum absolute atomic E-state index is 0.209.